The highest BCUT2D eigenvalue weighted by molar-refractivity contribution is 8.07. The summed E-state index contributed by atoms with van der Waals surface area (Å²) in [5, 5.41) is 10.4. The van der Waals surface area contributed by atoms with Gasteiger partial charge in [0.05, 0.1) is 19.5 Å². The van der Waals surface area contributed by atoms with Gasteiger partial charge in [-0.3, -0.25) is 23.4 Å². The first-order valence-corrected chi connectivity index (χ1v) is 12.4. The largest absolute Gasteiger partial charge is 0.424 e. The van der Waals surface area contributed by atoms with Crippen LogP contribution in [0.4, 0.5) is 23.5 Å². The van der Waals surface area contributed by atoms with E-state index in [0.717, 1.165) is 6.33 Å². The molecule has 2 aliphatic rings. The van der Waals surface area contributed by atoms with Gasteiger partial charge in [0.1, 0.15) is 5.75 Å². The molecule has 188 valence electrons. The molecule has 0 spiro atoms. The number of aliphatic hydroxyl groups is 1. The second kappa shape index (κ2) is 8.21. The number of aromatic amines is 1. The summed E-state index contributed by atoms with van der Waals surface area (Å²) >= 11 is 5.19. The molecule has 2 aromatic heterocycles. The number of alkyl halides is 4. The number of aliphatic hydroxyl groups excluding tert-OH is 1. The van der Waals surface area contributed by atoms with E-state index in [1.54, 1.807) is 24.3 Å². The number of nitrogens with zero attached hydrogens (tertiary/aromatic N) is 3. The van der Waals surface area contributed by atoms with Gasteiger partial charge < -0.3 is 20.1 Å². The first-order valence-electron chi connectivity index (χ1n) is 9.88. The van der Waals surface area contributed by atoms with E-state index in [0.29, 0.717) is 15.9 Å². The molecule has 4 heterocycles. The van der Waals surface area contributed by atoms with E-state index in [4.69, 9.17) is 35.8 Å². The molecular formula is C18H16F4N5O6PS. The van der Waals surface area contributed by atoms with Gasteiger partial charge in [0.15, 0.2) is 22.9 Å². The Balaban J connectivity index is 1.47. The van der Waals surface area contributed by atoms with Crippen molar-refractivity contribution in [3.8, 4) is 5.75 Å². The van der Waals surface area contributed by atoms with Crippen LogP contribution >= 0.6 is 6.72 Å². The fourth-order valence-electron chi connectivity index (χ4n) is 3.77. The van der Waals surface area contributed by atoms with Gasteiger partial charge in [0, 0.05) is 17.4 Å². The molecule has 4 N–H and O–H groups in total. The quantitative estimate of drug-likeness (QED) is 0.327. The average molecular weight is 537 g/mol. The second-order valence-electron chi connectivity index (χ2n) is 7.77. The van der Waals surface area contributed by atoms with E-state index in [1.165, 1.54) is 0 Å². The first-order chi connectivity index (χ1) is 16.5. The number of nitrogen functional groups attached to an aromatic ring is 1. The number of benzene rings is 1. The maximum absolute atomic E-state index is 15.2. The number of anilines is 1. The van der Waals surface area contributed by atoms with Gasteiger partial charge in [-0.1, -0.05) is 18.2 Å². The molecule has 0 radical (unpaired) electrons. The molecule has 0 saturated carbocycles. The molecule has 0 aliphatic carbocycles. The molecule has 1 fully saturated rings. The van der Waals surface area contributed by atoms with Crippen LogP contribution in [0.25, 0.3) is 11.2 Å². The lowest BCUT2D eigenvalue weighted by Gasteiger charge is -2.34. The first kappa shape index (κ1) is 24.1. The summed E-state index contributed by atoms with van der Waals surface area (Å²) < 4.78 is 80.7. The minimum Gasteiger partial charge on any atom is -0.424 e. The number of para-hydroxylation sites is 1. The van der Waals surface area contributed by atoms with Crippen molar-refractivity contribution >= 4 is 35.6 Å². The molecule has 3 aromatic rings. The monoisotopic (exact) mass is 537 g/mol. The zero-order valence-electron chi connectivity index (χ0n) is 17.3. The van der Waals surface area contributed by atoms with Crippen molar-refractivity contribution in [2.24, 2.45) is 0 Å². The lowest BCUT2D eigenvalue weighted by Crippen LogP contribution is -2.54. The Morgan fingerprint density at radius 3 is 2.89 bits per heavy atom. The Bertz CT molecular complexity index is 1410. The van der Waals surface area contributed by atoms with Gasteiger partial charge in [-0.05, 0) is 6.07 Å². The van der Waals surface area contributed by atoms with Crippen molar-refractivity contribution in [1.82, 2.24) is 19.5 Å². The normalized spacial score (nSPS) is 29.9. The van der Waals surface area contributed by atoms with E-state index < -0.39 is 66.3 Å². The predicted molar refractivity (Wildman–Crippen MR) is 114 cm³/mol. The van der Waals surface area contributed by atoms with E-state index in [1.807, 2.05) is 0 Å². The second-order valence-corrected chi connectivity index (χ2v) is 10.7. The van der Waals surface area contributed by atoms with Crippen LogP contribution in [-0.2, 0) is 32.2 Å². The number of hydrogen-bond donors (Lipinski definition) is 3. The molecule has 1 saturated heterocycles. The fourth-order valence-corrected chi connectivity index (χ4v) is 5.58. The van der Waals surface area contributed by atoms with Crippen molar-refractivity contribution in [2.75, 3.05) is 12.3 Å². The highest BCUT2D eigenvalue weighted by atomic mass is 32.5. The summed E-state index contributed by atoms with van der Waals surface area (Å²) in [5.41, 5.74) is 1.15. The maximum Gasteiger partial charge on any atom is 0.381 e. The number of ether oxygens (including phenoxy) is 1. The number of halogens is 4. The molecule has 0 amide bonds. The Hall–Kier alpha value is -2.62. The maximum atomic E-state index is 15.2. The third-order valence-corrected chi connectivity index (χ3v) is 7.74. The lowest BCUT2D eigenvalue weighted by molar-refractivity contribution is -0.192. The number of H-pyrrole nitrogens is 1. The highest BCUT2D eigenvalue weighted by Crippen LogP contribution is 2.57. The van der Waals surface area contributed by atoms with E-state index in [-0.39, 0.29) is 6.61 Å². The lowest BCUT2D eigenvalue weighted by atomic mass is 9.96. The van der Waals surface area contributed by atoms with Crippen molar-refractivity contribution < 1.29 is 41.0 Å². The van der Waals surface area contributed by atoms with Crippen molar-refractivity contribution in [2.45, 2.75) is 36.9 Å². The summed E-state index contributed by atoms with van der Waals surface area (Å²) in [5.74, 6) is -4.44. The van der Waals surface area contributed by atoms with Crippen LogP contribution in [0.3, 0.4) is 0 Å². The summed E-state index contributed by atoms with van der Waals surface area (Å²) in [6.45, 7) is -5.06. The van der Waals surface area contributed by atoms with E-state index in [9.17, 15) is 18.7 Å². The Morgan fingerprint density at radius 2 is 2.14 bits per heavy atom. The molecule has 35 heavy (non-hydrogen) atoms. The Kier molecular flexibility index (Phi) is 5.65. The van der Waals surface area contributed by atoms with Crippen LogP contribution in [0.15, 0.2) is 35.4 Å². The zero-order valence-corrected chi connectivity index (χ0v) is 19.0. The van der Waals surface area contributed by atoms with Crippen LogP contribution in [0, 0.1) is 0 Å². The number of nitrogens with one attached hydrogen (secondary N) is 1. The average Bonchev–Trinajstić information content (AvgIpc) is 3.30. The summed E-state index contributed by atoms with van der Waals surface area (Å²) in [4.78, 5) is 21.5. The predicted octanol–water partition coefficient (Wildman–Crippen LogP) is 2.08. The molecule has 11 nitrogen and oxygen atoms in total. The summed E-state index contributed by atoms with van der Waals surface area (Å²) in [6.07, 6.45) is -8.52. The number of nitrogens with two attached hydrogens (primary N) is 1. The van der Waals surface area contributed by atoms with Gasteiger partial charge >= 0.3 is 12.6 Å². The van der Waals surface area contributed by atoms with Crippen LogP contribution in [0.2, 0.25) is 0 Å². The highest BCUT2D eigenvalue weighted by Gasteiger charge is 2.71. The van der Waals surface area contributed by atoms with Gasteiger partial charge in [0.25, 0.3) is 12.0 Å². The van der Waals surface area contributed by atoms with Gasteiger partial charge in [0.2, 0.25) is 12.2 Å². The minimum absolute atomic E-state index is 0.0556. The van der Waals surface area contributed by atoms with Crippen LogP contribution in [0.5, 0.6) is 5.75 Å². The smallest absolute Gasteiger partial charge is 0.381 e. The molecule has 2 aliphatic heterocycles. The van der Waals surface area contributed by atoms with E-state index >= 15 is 8.78 Å². The van der Waals surface area contributed by atoms with Gasteiger partial charge in [-0.25, -0.2) is 13.8 Å². The molecule has 0 bridgehead atoms. The number of rotatable bonds is 5. The van der Waals surface area contributed by atoms with Gasteiger partial charge in [-0.2, -0.15) is 13.8 Å². The SMILES string of the molecule is Nc1nc2c(ncn2C2OC(COP3(=S)OCc4ccccc4O3)(C(F)F)C(O)C2(F)F)c(=O)[nH]1. The van der Waals surface area contributed by atoms with Crippen molar-refractivity contribution in [1.29, 1.82) is 0 Å². The van der Waals surface area contributed by atoms with Crippen LogP contribution in [-0.4, -0.2) is 55.3 Å². The minimum atomic E-state index is -4.31. The molecular weight excluding hydrogens is 521 g/mol. The third kappa shape index (κ3) is 3.80. The molecule has 4 atom stereocenters. The van der Waals surface area contributed by atoms with Crippen LogP contribution in [0.1, 0.15) is 11.8 Å². The Labute approximate surface area is 198 Å². The molecule has 4 unspecified atom stereocenters. The summed E-state index contributed by atoms with van der Waals surface area (Å²) in [6, 6.07) is 6.60. The third-order valence-electron chi connectivity index (χ3n) is 5.57. The van der Waals surface area contributed by atoms with E-state index in [2.05, 4.69) is 15.0 Å². The topological polar surface area (TPSA) is 147 Å². The number of aromatic nitrogens is 4. The fraction of sp³-hybridized carbons (Fsp3) is 0.389. The molecule has 17 heteroatoms. The van der Waals surface area contributed by atoms with Crippen molar-refractivity contribution in [3.63, 3.8) is 0 Å². The van der Waals surface area contributed by atoms with Gasteiger partial charge in [-0.15, -0.1) is 0 Å². The summed E-state index contributed by atoms with van der Waals surface area (Å²) in [7, 11) is 0. The standard InChI is InChI=1S/C18H16F4N5O6PS/c19-14(20)17(6-31-34(35)30-5-8-3-1-2-4-9(8)33-34)13(29)18(21,22)15(32-17)27-7-24-10-11(27)25-16(23)26-12(10)28/h1-4,7,13-15,29H,5-6H2,(H3,23,25,26,28). The number of imidazole rings is 1. The Morgan fingerprint density at radius 1 is 1.40 bits per heavy atom. The zero-order chi connectivity index (χ0) is 25.2. The number of fused-ring (bicyclic) bond motifs is 2. The molecule has 1 aromatic carbocycles. The van der Waals surface area contributed by atoms with Crippen molar-refractivity contribution in [3.05, 3.63) is 46.5 Å². The number of hydrogen-bond acceptors (Lipinski definition) is 10. The molecule has 5 rings (SSSR count). The van der Waals surface area contributed by atoms with Crippen LogP contribution < -0.4 is 15.8 Å².